The van der Waals surface area contributed by atoms with Gasteiger partial charge in [0.15, 0.2) is 0 Å². The summed E-state index contributed by atoms with van der Waals surface area (Å²) in [5.74, 6) is 0. The highest BCUT2D eigenvalue weighted by Gasteiger charge is 2.17. The Morgan fingerprint density at radius 3 is 1.50 bits per heavy atom. The van der Waals surface area contributed by atoms with Crippen LogP contribution in [0.3, 0.4) is 0 Å². The number of hydroxylamine groups is 2. The fourth-order valence-corrected chi connectivity index (χ4v) is 2.08. The predicted octanol–water partition coefficient (Wildman–Crippen LogP) is 4.42. The minimum Gasteiger partial charge on any atom is -0.293 e. The molecule has 0 amide bonds. The minimum atomic E-state index is -0.191. The molecule has 20 heavy (non-hydrogen) atoms. The van der Waals surface area contributed by atoms with Gasteiger partial charge in [-0.1, -0.05) is 60.7 Å². The lowest BCUT2D eigenvalue weighted by atomic mass is 10.2. The summed E-state index contributed by atoms with van der Waals surface area (Å²) >= 11 is 0. The number of benzene rings is 2. The molecule has 0 unspecified atom stereocenters. The molecule has 0 heterocycles. The SMILES string of the molecule is CC(C)(C)ON(Cc1ccccc1)Cc1ccccc1. The first-order valence-electron chi connectivity index (χ1n) is 7.05. The molecule has 2 heteroatoms. The maximum Gasteiger partial charge on any atom is 0.0816 e. The third-order valence-electron chi connectivity index (χ3n) is 2.81. The van der Waals surface area contributed by atoms with E-state index in [0.717, 1.165) is 13.1 Å². The zero-order valence-electron chi connectivity index (χ0n) is 12.5. The molecule has 0 atom stereocenters. The van der Waals surface area contributed by atoms with Crippen molar-refractivity contribution in [1.82, 2.24) is 5.06 Å². The zero-order chi connectivity index (χ0) is 14.4. The lowest BCUT2D eigenvalue weighted by Crippen LogP contribution is -2.33. The Morgan fingerprint density at radius 1 is 0.750 bits per heavy atom. The Bertz CT molecular complexity index is 460. The average molecular weight is 269 g/mol. The second-order valence-corrected chi connectivity index (χ2v) is 5.97. The van der Waals surface area contributed by atoms with Crippen molar-refractivity contribution in [2.24, 2.45) is 0 Å². The van der Waals surface area contributed by atoms with Gasteiger partial charge in [0.1, 0.15) is 0 Å². The summed E-state index contributed by atoms with van der Waals surface area (Å²) in [6, 6.07) is 20.8. The van der Waals surface area contributed by atoms with Crippen LogP contribution in [0.5, 0.6) is 0 Å². The number of rotatable bonds is 5. The Morgan fingerprint density at radius 2 is 1.15 bits per heavy atom. The molecule has 0 saturated carbocycles. The van der Waals surface area contributed by atoms with Gasteiger partial charge in [0.2, 0.25) is 0 Å². The number of hydrogen-bond donors (Lipinski definition) is 0. The smallest absolute Gasteiger partial charge is 0.0816 e. The van der Waals surface area contributed by atoms with E-state index in [1.807, 2.05) is 17.2 Å². The van der Waals surface area contributed by atoms with Crippen LogP contribution in [0.2, 0.25) is 0 Å². The van der Waals surface area contributed by atoms with Crippen LogP contribution in [-0.2, 0) is 17.9 Å². The maximum absolute atomic E-state index is 6.08. The maximum atomic E-state index is 6.08. The highest BCUT2D eigenvalue weighted by atomic mass is 16.7. The molecule has 106 valence electrons. The van der Waals surface area contributed by atoms with Crippen LogP contribution in [0, 0.1) is 0 Å². The van der Waals surface area contributed by atoms with Crippen molar-refractivity contribution in [3.63, 3.8) is 0 Å². The van der Waals surface area contributed by atoms with Crippen molar-refractivity contribution in [2.75, 3.05) is 0 Å². The van der Waals surface area contributed by atoms with Crippen LogP contribution in [-0.4, -0.2) is 10.7 Å². The third-order valence-corrected chi connectivity index (χ3v) is 2.81. The lowest BCUT2D eigenvalue weighted by Gasteiger charge is -2.30. The summed E-state index contributed by atoms with van der Waals surface area (Å²) in [6.45, 7) is 7.81. The van der Waals surface area contributed by atoms with E-state index in [4.69, 9.17) is 4.84 Å². The van der Waals surface area contributed by atoms with Crippen molar-refractivity contribution in [2.45, 2.75) is 39.5 Å². The van der Waals surface area contributed by atoms with Crippen molar-refractivity contribution in [1.29, 1.82) is 0 Å². The first-order chi connectivity index (χ1) is 9.53. The second-order valence-electron chi connectivity index (χ2n) is 5.97. The molecule has 0 radical (unpaired) electrons. The van der Waals surface area contributed by atoms with Crippen molar-refractivity contribution < 1.29 is 4.84 Å². The standard InChI is InChI=1S/C18H23NO/c1-18(2,3)20-19(14-16-10-6-4-7-11-16)15-17-12-8-5-9-13-17/h4-13H,14-15H2,1-3H3. The van der Waals surface area contributed by atoms with Crippen molar-refractivity contribution in [3.8, 4) is 0 Å². The van der Waals surface area contributed by atoms with Crippen LogP contribution < -0.4 is 0 Å². The van der Waals surface area contributed by atoms with Gasteiger partial charge in [0.25, 0.3) is 0 Å². The molecule has 2 aromatic rings. The Hall–Kier alpha value is -1.64. The molecule has 2 rings (SSSR count). The number of hydrogen-bond acceptors (Lipinski definition) is 2. The van der Waals surface area contributed by atoms with E-state index in [0.29, 0.717) is 0 Å². The molecule has 0 spiro atoms. The van der Waals surface area contributed by atoms with Gasteiger partial charge in [-0.3, -0.25) is 4.84 Å². The average Bonchev–Trinajstić information content (AvgIpc) is 2.39. The van der Waals surface area contributed by atoms with Crippen molar-refractivity contribution in [3.05, 3.63) is 71.8 Å². The second kappa shape index (κ2) is 6.69. The Labute approximate surface area is 122 Å². The molecule has 2 nitrogen and oxygen atoms in total. The Balaban J connectivity index is 2.08. The van der Waals surface area contributed by atoms with Crippen molar-refractivity contribution >= 4 is 0 Å². The zero-order valence-corrected chi connectivity index (χ0v) is 12.5. The summed E-state index contributed by atoms with van der Waals surface area (Å²) in [6.07, 6.45) is 0. The van der Waals surface area contributed by atoms with E-state index in [9.17, 15) is 0 Å². The summed E-state index contributed by atoms with van der Waals surface area (Å²) in [5, 5.41) is 2.03. The lowest BCUT2D eigenvalue weighted by molar-refractivity contribution is -0.240. The normalized spacial score (nSPS) is 11.8. The minimum absolute atomic E-state index is 0.191. The molecule has 0 fully saturated rings. The third kappa shape index (κ3) is 5.16. The van der Waals surface area contributed by atoms with Crippen LogP contribution in [0.25, 0.3) is 0 Å². The van der Waals surface area contributed by atoms with Crippen LogP contribution in [0.4, 0.5) is 0 Å². The van der Waals surface area contributed by atoms with Gasteiger partial charge in [-0.2, -0.15) is 5.06 Å². The fraction of sp³-hybridized carbons (Fsp3) is 0.333. The summed E-state index contributed by atoms with van der Waals surface area (Å²) in [7, 11) is 0. The predicted molar refractivity (Wildman–Crippen MR) is 83.0 cm³/mol. The molecule has 0 aliphatic rings. The van der Waals surface area contributed by atoms with E-state index in [1.54, 1.807) is 0 Å². The number of nitrogens with zero attached hydrogens (tertiary/aromatic N) is 1. The van der Waals surface area contributed by atoms with Crippen LogP contribution in [0.15, 0.2) is 60.7 Å². The Kier molecular flexibility index (Phi) is 4.94. The van der Waals surface area contributed by atoms with Gasteiger partial charge in [-0.25, -0.2) is 0 Å². The van der Waals surface area contributed by atoms with Gasteiger partial charge in [0.05, 0.1) is 5.60 Å². The van der Waals surface area contributed by atoms with Gasteiger partial charge >= 0.3 is 0 Å². The first kappa shape index (κ1) is 14.8. The van der Waals surface area contributed by atoms with E-state index >= 15 is 0 Å². The van der Waals surface area contributed by atoms with Gasteiger partial charge in [0, 0.05) is 13.1 Å². The van der Waals surface area contributed by atoms with E-state index < -0.39 is 0 Å². The highest BCUT2D eigenvalue weighted by Crippen LogP contribution is 2.16. The van der Waals surface area contributed by atoms with E-state index in [2.05, 4.69) is 69.3 Å². The molecule has 2 aromatic carbocycles. The van der Waals surface area contributed by atoms with E-state index in [-0.39, 0.29) is 5.60 Å². The first-order valence-corrected chi connectivity index (χ1v) is 7.05. The molecule has 0 aliphatic carbocycles. The molecular weight excluding hydrogens is 246 g/mol. The molecule has 0 aromatic heterocycles. The molecule has 0 saturated heterocycles. The molecule has 0 bridgehead atoms. The summed E-state index contributed by atoms with van der Waals surface area (Å²) < 4.78 is 0. The summed E-state index contributed by atoms with van der Waals surface area (Å²) in [4.78, 5) is 6.08. The fourth-order valence-electron chi connectivity index (χ4n) is 2.08. The highest BCUT2D eigenvalue weighted by molar-refractivity contribution is 5.16. The largest absolute Gasteiger partial charge is 0.293 e. The monoisotopic (exact) mass is 269 g/mol. The van der Waals surface area contributed by atoms with Gasteiger partial charge < -0.3 is 0 Å². The summed E-state index contributed by atoms with van der Waals surface area (Å²) in [5.41, 5.74) is 2.32. The van der Waals surface area contributed by atoms with Gasteiger partial charge in [-0.15, -0.1) is 0 Å². The molecular formula is C18H23NO. The topological polar surface area (TPSA) is 12.5 Å². The van der Waals surface area contributed by atoms with Crippen LogP contribution in [0.1, 0.15) is 31.9 Å². The van der Waals surface area contributed by atoms with Crippen LogP contribution >= 0.6 is 0 Å². The van der Waals surface area contributed by atoms with Gasteiger partial charge in [-0.05, 0) is 31.9 Å². The molecule has 0 N–H and O–H groups in total. The van der Waals surface area contributed by atoms with E-state index in [1.165, 1.54) is 11.1 Å². The molecule has 0 aliphatic heterocycles. The quantitative estimate of drug-likeness (QED) is 0.745.